The van der Waals surface area contributed by atoms with Gasteiger partial charge in [-0.25, -0.2) is 28.7 Å². The number of aromatic nitrogens is 5. The molecule has 4 aromatic rings. The number of rotatable bonds is 6. The van der Waals surface area contributed by atoms with E-state index in [-0.39, 0.29) is 41.4 Å². The minimum absolute atomic E-state index is 0.0245. The van der Waals surface area contributed by atoms with Crippen LogP contribution in [0.2, 0.25) is 0 Å². The summed E-state index contributed by atoms with van der Waals surface area (Å²) < 4.78 is 31.6. The van der Waals surface area contributed by atoms with Gasteiger partial charge in [-0.3, -0.25) is 4.79 Å². The number of fused-ring (bicyclic) bond motifs is 2. The molecule has 3 heterocycles. The third-order valence-electron chi connectivity index (χ3n) is 6.62. The van der Waals surface area contributed by atoms with Gasteiger partial charge >= 0.3 is 0 Å². The number of anilines is 2. The largest absolute Gasteiger partial charge is 0.326 e. The summed E-state index contributed by atoms with van der Waals surface area (Å²) >= 11 is 0. The molecular formula is C26H27F2N7O. The van der Waals surface area contributed by atoms with Crippen LogP contribution in [-0.2, 0) is 17.6 Å². The molecule has 0 aliphatic heterocycles. The second kappa shape index (κ2) is 9.34. The summed E-state index contributed by atoms with van der Waals surface area (Å²) in [4.78, 5) is 29.3. The maximum atomic E-state index is 14.9. The number of carbonyl (C=O) groups excluding carboxylic acids is 1. The number of carbonyl (C=O) groups is 1. The van der Waals surface area contributed by atoms with Crippen LogP contribution in [0.15, 0.2) is 30.5 Å². The zero-order chi connectivity index (χ0) is 25.6. The molecule has 186 valence electrons. The van der Waals surface area contributed by atoms with Crippen LogP contribution in [0.5, 0.6) is 0 Å². The first-order valence-corrected chi connectivity index (χ1v) is 11.9. The molecule has 0 saturated carbocycles. The Labute approximate surface area is 207 Å². The molecule has 1 aliphatic rings. The Bertz CT molecular complexity index is 1480. The fourth-order valence-corrected chi connectivity index (χ4v) is 4.92. The van der Waals surface area contributed by atoms with Crippen LogP contribution in [0.25, 0.3) is 22.3 Å². The number of nitrogens with zero attached hydrogens (tertiary/aromatic N) is 5. The van der Waals surface area contributed by atoms with E-state index in [4.69, 9.17) is 5.73 Å². The van der Waals surface area contributed by atoms with Gasteiger partial charge < -0.3 is 15.6 Å². The van der Waals surface area contributed by atoms with Gasteiger partial charge in [-0.1, -0.05) is 6.07 Å². The molecule has 0 saturated heterocycles. The predicted octanol–water partition coefficient (Wildman–Crippen LogP) is 4.43. The number of aryl methyl sites for hydroxylation is 2. The molecule has 8 nitrogen and oxygen atoms in total. The summed E-state index contributed by atoms with van der Waals surface area (Å²) in [6.45, 7) is 5.82. The minimum Gasteiger partial charge on any atom is -0.326 e. The summed E-state index contributed by atoms with van der Waals surface area (Å²) in [5.41, 5.74) is 8.51. The summed E-state index contributed by atoms with van der Waals surface area (Å²) in [7, 11) is 0. The second-order valence-corrected chi connectivity index (χ2v) is 9.38. The smallest absolute Gasteiger partial charge is 0.229 e. The standard InChI is InChI=1S/C26H27F2N7O/c1-13(2)35-14(3)31-25-18(27)9-17(10-21(25)35)24-19(28)12-30-26(34-24)33-23-7-5-15-8-16(22(36)11-29)4-6-20(15)32-23/h5,7,9-10,12-13,16H,4,6,8,11,29H2,1-3H3,(H,30,32,33,34). The van der Waals surface area contributed by atoms with E-state index >= 15 is 0 Å². The molecule has 3 N–H and O–H groups in total. The third kappa shape index (κ3) is 4.32. The number of pyridine rings is 1. The first-order chi connectivity index (χ1) is 17.2. The lowest BCUT2D eigenvalue weighted by molar-refractivity contribution is -0.121. The summed E-state index contributed by atoms with van der Waals surface area (Å²) in [6.07, 6.45) is 3.05. The first kappa shape index (κ1) is 23.9. The lowest BCUT2D eigenvalue weighted by atomic mass is 9.84. The maximum absolute atomic E-state index is 14.9. The van der Waals surface area contributed by atoms with Crippen molar-refractivity contribution in [3.8, 4) is 11.3 Å². The predicted molar refractivity (Wildman–Crippen MR) is 133 cm³/mol. The average molecular weight is 492 g/mol. The van der Waals surface area contributed by atoms with E-state index in [0.717, 1.165) is 17.5 Å². The molecule has 1 unspecified atom stereocenters. The van der Waals surface area contributed by atoms with Crippen LogP contribution in [0.4, 0.5) is 20.5 Å². The van der Waals surface area contributed by atoms with Crippen LogP contribution in [0.1, 0.15) is 43.4 Å². The number of imidazole rings is 1. The fraction of sp³-hybridized carbons (Fsp3) is 0.346. The SMILES string of the molecule is Cc1nc2c(F)cc(-c3nc(Nc4ccc5c(n4)CCC(C(=O)CN)C5)ncc3F)cc2n1C(C)C. The van der Waals surface area contributed by atoms with E-state index in [1.54, 1.807) is 12.1 Å². The number of nitrogens with one attached hydrogen (secondary N) is 1. The number of ketones is 1. The second-order valence-electron chi connectivity index (χ2n) is 9.38. The van der Waals surface area contributed by atoms with Gasteiger partial charge in [0.2, 0.25) is 5.95 Å². The molecule has 0 bridgehead atoms. The third-order valence-corrected chi connectivity index (χ3v) is 6.62. The zero-order valence-electron chi connectivity index (χ0n) is 20.3. The first-order valence-electron chi connectivity index (χ1n) is 11.9. The maximum Gasteiger partial charge on any atom is 0.229 e. The molecule has 3 aromatic heterocycles. The van der Waals surface area contributed by atoms with Crippen molar-refractivity contribution in [1.82, 2.24) is 24.5 Å². The van der Waals surface area contributed by atoms with Gasteiger partial charge in [-0.15, -0.1) is 0 Å². The van der Waals surface area contributed by atoms with Gasteiger partial charge in [-0.2, -0.15) is 0 Å². The van der Waals surface area contributed by atoms with Gasteiger partial charge in [0.25, 0.3) is 0 Å². The van der Waals surface area contributed by atoms with E-state index in [0.29, 0.717) is 42.0 Å². The lowest BCUT2D eigenvalue weighted by Crippen LogP contribution is -2.28. The zero-order valence-corrected chi connectivity index (χ0v) is 20.3. The van der Waals surface area contributed by atoms with E-state index in [1.807, 2.05) is 31.4 Å². The molecule has 1 atom stereocenters. The fourth-order valence-electron chi connectivity index (χ4n) is 4.92. The number of benzene rings is 1. The highest BCUT2D eigenvalue weighted by Gasteiger charge is 2.25. The molecule has 1 aromatic carbocycles. The highest BCUT2D eigenvalue weighted by Crippen LogP contribution is 2.31. The monoisotopic (exact) mass is 491 g/mol. The van der Waals surface area contributed by atoms with E-state index in [1.165, 1.54) is 6.07 Å². The molecule has 5 rings (SSSR count). The van der Waals surface area contributed by atoms with Crippen molar-refractivity contribution >= 4 is 28.6 Å². The number of hydrogen-bond donors (Lipinski definition) is 2. The van der Waals surface area contributed by atoms with Crippen LogP contribution in [0.3, 0.4) is 0 Å². The minimum atomic E-state index is -0.666. The van der Waals surface area contributed by atoms with Crippen molar-refractivity contribution in [2.24, 2.45) is 11.7 Å². The van der Waals surface area contributed by atoms with E-state index in [2.05, 4.69) is 25.3 Å². The molecule has 0 spiro atoms. The van der Waals surface area contributed by atoms with E-state index in [9.17, 15) is 13.6 Å². The molecule has 36 heavy (non-hydrogen) atoms. The van der Waals surface area contributed by atoms with E-state index < -0.39 is 11.6 Å². The summed E-state index contributed by atoms with van der Waals surface area (Å²) in [5, 5.41) is 3.02. The Kier molecular flexibility index (Phi) is 6.21. The highest BCUT2D eigenvalue weighted by atomic mass is 19.1. The average Bonchev–Trinajstić information content (AvgIpc) is 3.21. The molecule has 0 radical (unpaired) electrons. The van der Waals surface area contributed by atoms with Crippen molar-refractivity contribution in [2.45, 2.75) is 46.1 Å². The molecule has 0 fully saturated rings. The van der Waals surface area contributed by atoms with Gasteiger partial charge in [0.15, 0.2) is 11.6 Å². The quantitative estimate of drug-likeness (QED) is 0.410. The lowest BCUT2D eigenvalue weighted by Gasteiger charge is -2.23. The van der Waals surface area contributed by atoms with Crippen LogP contribution >= 0.6 is 0 Å². The molecule has 10 heteroatoms. The Morgan fingerprint density at radius 2 is 2.00 bits per heavy atom. The summed E-state index contributed by atoms with van der Waals surface area (Å²) in [6, 6.07) is 6.69. The number of nitrogens with two attached hydrogens (primary N) is 1. The normalized spacial score (nSPS) is 15.4. The number of hydrogen-bond acceptors (Lipinski definition) is 7. The van der Waals surface area contributed by atoms with Crippen molar-refractivity contribution in [3.05, 3.63) is 59.2 Å². The Morgan fingerprint density at radius 1 is 1.19 bits per heavy atom. The van der Waals surface area contributed by atoms with Crippen LogP contribution in [-0.4, -0.2) is 36.8 Å². The Morgan fingerprint density at radius 3 is 2.75 bits per heavy atom. The van der Waals surface area contributed by atoms with Crippen LogP contribution in [0, 0.1) is 24.5 Å². The molecular weight excluding hydrogens is 464 g/mol. The van der Waals surface area contributed by atoms with Gasteiger partial charge in [0.1, 0.15) is 28.6 Å². The van der Waals surface area contributed by atoms with Gasteiger partial charge in [0, 0.05) is 23.2 Å². The number of halogens is 2. The highest BCUT2D eigenvalue weighted by molar-refractivity contribution is 5.84. The van der Waals surface area contributed by atoms with Gasteiger partial charge in [-0.05, 0) is 63.8 Å². The number of Topliss-reactive ketones (excluding diaryl/α,β-unsaturated/α-hetero) is 1. The van der Waals surface area contributed by atoms with Crippen LogP contribution < -0.4 is 11.1 Å². The van der Waals surface area contributed by atoms with Crippen molar-refractivity contribution in [1.29, 1.82) is 0 Å². The topological polar surface area (TPSA) is 112 Å². The Balaban J connectivity index is 1.46. The van der Waals surface area contributed by atoms with Gasteiger partial charge in [0.05, 0.1) is 18.3 Å². The van der Waals surface area contributed by atoms with Crippen molar-refractivity contribution in [2.75, 3.05) is 11.9 Å². The van der Waals surface area contributed by atoms with Crippen molar-refractivity contribution in [3.63, 3.8) is 0 Å². The molecule has 0 amide bonds. The summed E-state index contributed by atoms with van der Waals surface area (Å²) in [5.74, 6) is 0.112. The van der Waals surface area contributed by atoms with Crippen molar-refractivity contribution < 1.29 is 13.6 Å². The Hall–Kier alpha value is -3.79. The molecule has 1 aliphatic carbocycles.